The molecule has 0 aromatic heterocycles. The molecular formula is C19H32. The Kier molecular flexibility index (Phi) is 8.62. The third-order valence-electron chi connectivity index (χ3n) is 4.08. The predicted octanol–water partition coefficient (Wildman–Crippen LogP) is 6.10. The molecule has 0 aliphatic heterocycles. The van der Waals surface area contributed by atoms with E-state index < -0.39 is 0 Å². The first kappa shape index (κ1) is 16.3. The average molecular weight is 260 g/mol. The van der Waals surface area contributed by atoms with Gasteiger partial charge in [-0.25, -0.2) is 0 Å². The van der Waals surface area contributed by atoms with Crippen molar-refractivity contribution in [2.24, 2.45) is 0 Å². The summed E-state index contributed by atoms with van der Waals surface area (Å²) in [6.07, 6.45) is 13.3. The van der Waals surface area contributed by atoms with Gasteiger partial charge in [0.05, 0.1) is 0 Å². The highest BCUT2D eigenvalue weighted by molar-refractivity contribution is 5.35. The molecule has 0 nitrogen and oxygen atoms in total. The van der Waals surface area contributed by atoms with E-state index in [1.54, 1.807) is 16.7 Å². The maximum Gasteiger partial charge on any atom is -0.0273 e. The Hall–Kier alpha value is -0.780. The van der Waals surface area contributed by atoms with Gasteiger partial charge in [-0.1, -0.05) is 71.1 Å². The zero-order valence-electron chi connectivity index (χ0n) is 13.3. The fourth-order valence-electron chi connectivity index (χ4n) is 2.87. The van der Waals surface area contributed by atoms with Gasteiger partial charge in [-0.05, 0) is 48.8 Å². The number of rotatable bonds is 10. The highest BCUT2D eigenvalue weighted by Gasteiger charge is 2.06. The van der Waals surface area contributed by atoms with Gasteiger partial charge < -0.3 is 0 Å². The molecule has 0 spiro atoms. The third kappa shape index (κ3) is 5.80. The molecule has 19 heavy (non-hydrogen) atoms. The van der Waals surface area contributed by atoms with Gasteiger partial charge in [-0.3, -0.25) is 0 Å². The molecule has 0 saturated carbocycles. The van der Waals surface area contributed by atoms with E-state index in [-0.39, 0.29) is 0 Å². The molecule has 0 heterocycles. The van der Waals surface area contributed by atoms with Crippen LogP contribution in [0, 0.1) is 0 Å². The van der Waals surface area contributed by atoms with Crippen molar-refractivity contribution in [3.8, 4) is 0 Å². The Bertz CT molecular complexity index is 338. The minimum Gasteiger partial charge on any atom is -0.0654 e. The van der Waals surface area contributed by atoms with Crippen LogP contribution in [0.5, 0.6) is 0 Å². The topological polar surface area (TPSA) is 0 Å². The first-order valence-electron chi connectivity index (χ1n) is 8.43. The molecule has 1 aromatic carbocycles. The Morgan fingerprint density at radius 2 is 1.32 bits per heavy atom. The fourth-order valence-corrected chi connectivity index (χ4v) is 2.87. The molecule has 0 amide bonds. The maximum absolute atomic E-state index is 2.37. The van der Waals surface area contributed by atoms with Crippen molar-refractivity contribution in [2.75, 3.05) is 0 Å². The average Bonchev–Trinajstić information content (AvgIpc) is 2.44. The van der Waals surface area contributed by atoms with Gasteiger partial charge in [-0.2, -0.15) is 0 Å². The van der Waals surface area contributed by atoms with Crippen LogP contribution in [0.1, 0.15) is 82.4 Å². The number of aryl methyl sites for hydroxylation is 2. The van der Waals surface area contributed by atoms with Gasteiger partial charge >= 0.3 is 0 Å². The molecule has 0 bridgehead atoms. The summed E-state index contributed by atoms with van der Waals surface area (Å²) < 4.78 is 0. The quantitative estimate of drug-likeness (QED) is 0.446. The highest BCUT2D eigenvalue weighted by Crippen LogP contribution is 2.21. The minimum atomic E-state index is 1.19. The minimum absolute atomic E-state index is 1.19. The summed E-state index contributed by atoms with van der Waals surface area (Å²) in [5.74, 6) is 0. The van der Waals surface area contributed by atoms with E-state index in [0.717, 1.165) is 0 Å². The van der Waals surface area contributed by atoms with Crippen molar-refractivity contribution in [3.63, 3.8) is 0 Å². The van der Waals surface area contributed by atoms with Crippen molar-refractivity contribution in [1.29, 1.82) is 0 Å². The second-order valence-electron chi connectivity index (χ2n) is 5.68. The van der Waals surface area contributed by atoms with Crippen LogP contribution in [-0.4, -0.2) is 0 Å². The van der Waals surface area contributed by atoms with E-state index in [1.165, 1.54) is 64.2 Å². The molecule has 1 rings (SSSR count). The Labute approximate surface area is 120 Å². The van der Waals surface area contributed by atoms with E-state index >= 15 is 0 Å². The van der Waals surface area contributed by atoms with Crippen molar-refractivity contribution in [2.45, 2.75) is 85.0 Å². The molecule has 1 aromatic rings. The van der Waals surface area contributed by atoms with Crippen LogP contribution in [0.2, 0.25) is 0 Å². The van der Waals surface area contributed by atoms with Crippen LogP contribution in [0.3, 0.4) is 0 Å². The van der Waals surface area contributed by atoms with E-state index in [0.29, 0.717) is 0 Å². The highest BCUT2D eigenvalue weighted by atomic mass is 14.1. The van der Waals surface area contributed by atoms with Crippen LogP contribution in [0.25, 0.3) is 0 Å². The van der Waals surface area contributed by atoms with Crippen molar-refractivity contribution in [1.82, 2.24) is 0 Å². The molecule has 0 N–H and O–H groups in total. The number of benzene rings is 1. The fraction of sp³-hybridized carbons (Fsp3) is 0.684. The summed E-state index contributed by atoms with van der Waals surface area (Å²) in [7, 11) is 0. The summed E-state index contributed by atoms with van der Waals surface area (Å²) in [6.45, 7) is 6.87. The van der Waals surface area contributed by atoms with Gasteiger partial charge in [0.1, 0.15) is 0 Å². The van der Waals surface area contributed by atoms with E-state index in [2.05, 4.69) is 39.0 Å². The molecule has 0 aliphatic carbocycles. The van der Waals surface area contributed by atoms with Gasteiger partial charge in [0, 0.05) is 0 Å². The molecule has 0 aliphatic rings. The van der Waals surface area contributed by atoms with Gasteiger partial charge in [0.25, 0.3) is 0 Å². The molecular weight excluding hydrogens is 228 g/mol. The first-order valence-corrected chi connectivity index (χ1v) is 8.43. The van der Waals surface area contributed by atoms with Crippen molar-refractivity contribution >= 4 is 0 Å². The standard InChI is InChI=1S/C19H32/c1-4-7-9-11-16-19-17(6-3)14-12-15-18(19)13-10-8-5-2/h12,14-15H,4-11,13,16H2,1-3H3. The van der Waals surface area contributed by atoms with E-state index in [1.807, 2.05) is 0 Å². The second-order valence-corrected chi connectivity index (χ2v) is 5.68. The van der Waals surface area contributed by atoms with Gasteiger partial charge in [-0.15, -0.1) is 0 Å². The number of unbranched alkanes of at least 4 members (excludes halogenated alkanes) is 5. The zero-order chi connectivity index (χ0) is 13.9. The summed E-state index contributed by atoms with van der Waals surface area (Å²) in [5, 5.41) is 0. The lowest BCUT2D eigenvalue weighted by molar-refractivity contribution is 0.657. The zero-order valence-corrected chi connectivity index (χ0v) is 13.3. The maximum atomic E-state index is 2.37. The van der Waals surface area contributed by atoms with Gasteiger partial charge in [0.15, 0.2) is 0 Å². The molecule has 0 unspecified atom stereocenters. The monoisotopic (exact) mass is 260 g/mol. The molecule has 0 fully saturated rings. The lowest BCUT2D eigenvalue weighted by Gasteiger charge is -2.14. The van der Waals surface area contributed by atoms with Crippen molar-refractivity contribution < 1.29 is 0 Å². The SMILES string of the molecule is CCCCCCc1c(CC)cccc1CCCCC. The molecule has 0 radical (unpaired) electrons. The second kappa shape index (κ2) is 10.1. The largest absolute Gasteiger partial charge is 0.0654 e. The molecule has 0 heteroatoms. The molecule has 108 valence electrons. The number of hydrogen-bond donors (Lipinski definition) is 0. The Morgan fingerprint density at radius 3 is 2.00 bits per heavy atom. The van der Waals surface area contributed by atoms with E-state index in [9.17, 15) is 0 Å². The Morgan fingerprint density at radius 1 is 0.684 bits per heavy atom. The number of hydrogen-bond acceptors (Lipinski definition) is 0. The van der Waals surface area contributed by atoms with Crippen LogP contribution in [0.4, 0.5) is 0 Å². The molecule has 0 saturated heterocycles. The molecule has 0 atom stereocenters. The van der Waals surface area contributed by atoms with Crippen LogP contribution >= 0.6 is 0 Å². The van der Waals surface area contributed by atoms with Gasteiger partial charge in [0.2, 0.25) is 0 Å². The predicted molar refractivity (Wildman–Crippen MR) is 86.9 cm³/mol. The van der Waals surface area contributed by atoms with Crippen LogP contribution in [-0.2, 0) is 19.3 Å². The summed E-state index contributed by atoms with van der Waals surface area (Å²) in [4.78, 5) is 0. The smallest absolute Gasteiger partial charge is 0.0273 e. The first-order chi connectivity index (χ1) is 9.33. The summed E-state index contributed by atoms with van der Waals surface area (Å²) in [6, 6.07) is 6.96. The van der Waals surface area contributed by atoms with Crippen LogP contribution < -0.4 is 0 Å². The van der Waals surface area contributed by atoms with Crippen molar-refractivity contribution in [3.05, 3.63) is 34.9 Å². The Balaban J connectivity index is 2.66. The third-order valence-corrected chi connectivity index (χ3v) is 4.08. The summed E-state index contributed by atoms with van der Waals surface area (Å²) >= 11 is 0. The lowest BCUT2D eigenvalue weighted by atomic mass is 9.92. The lowest BCUT2D eigenvalue weighted by Crippen LogP contribution is -2.00. The van der Waals surface area contributed by atoms with Crippen LogP contribution in [0.15, 0.2) is 18.2 Å². The normalized spacial score (nSPS) is 10.9. The van der Waals surface area contributed by atoms with E-state index in [4.69, 9.17) is 0 Å². The summed E-state index contributed by atoms with van der Waals surface area (Å²) in [5.41, 5.74) is 4.90.